The van der Waals surface area contributed by atoms with Crippen LogP contribution in [0.2, 0.25) is 0 Å². The largest absolute Gasteiger partial charge is 0.383 e. The van der Waals surface area contributed by atoms with Crippen LogP contribution in [0.4, 0.5) is 0 Å². The van der Waals surface area contributed by atoms with Gasteiger partial charge >= 0.3 is 0 Å². The van der Waals surface area contributed by atoms with Gasteiger partial charge in [-0.2, -0.15) is 10.2 Å². The zero-order chi connectivity index (χ0) is 15.8. The van der Waals surface area contributed by atoms with E-state index in [-0.39, 0.29) is 18.1 Å². The summed E-state index contributed by atoms with van der Waals surface area (Å²) in [5.41, 5.74) is 2.39. The van der Waals surface area contributed by atoms with E-state index in [1.807, 2.05) is 6.07 Å². The molecule has 0 aromatic heterocycles. The van der Waals surface area contributed by atoms with Crippen LogP contribution in [-0.4, -0.2) is 26.5 Å². The SMILES string of the molecule is C=C(/C(CN=O)=C(\NC)C(=O)NC)c1ccc(C#N)cc1. The molecule has 0 spiro atoms. The van der Waals surface area contributed by atoms with Gasteiger partial charge in [0.1, 0.15) is 12.2 Å². The van der Waals surface area contributed by atoms with Gasteiger partial charge in [0.05, 0.1) is 11.6 Å². The van der Waals surface area contributed by atoms with Crippen LogP contribution in [0.5, 0.6) is 0 Å². The Hall–Kier alpha value is -2.94. The summed E-state index contributed by atoms with van der Waals surface area (Å²) in [6.45, 7) is 3.75. The third-order valence-corrected chi connectivity index (χ3v) is 2.96. The molecular formula is C15H16N4O2. The van der Waals surface area contributed by atoms with Crippen molar-refractivity contribution < 1.29 is 4.79 Å². The highest BCUT2D eigenvalue weighted by Gasteiger charge is 2.17. The van der Waals surface area contributed by atoms with Crippen molar-refractivity contribution >= 4 is 11.5 Å². The summed E-state index contributed by atoms with van der Waals surface area (Å²) in [7, 11) is 3.08. The monoisotopic (exact) mass is 284 g/mol. The summed E-state index contributed by atoms with van der Waals surface area (Å²) in [4.78, 5) is 22.5. The first-order chi connectivity index (χ1) is 10.1. The van der Waals surface area contributed by atoms with Gasteiger partial charge < -0.3 is 10.6 Å². The lowest BCUT2D eigenvalue weighted by molar-refractivity contribution is -0.117. The second kappa shape index (κ2) is 7.60. The molecule has 0 aliphatic heterocycles. The molecule has 0 radical (unpaired) electrons. The fraction of sp³-hybridized carbons (Fsp3) is 0.200. The summed E-state index contributed by atoms with van der Waals surface area (Å²) >= 11 is 0. The maximum atomic E-state index is 11.8. The lowest BCUT2D eigenvalue weighted by Crippen LogP contribution is -2.29. The summed E-state index contributed by atoms with van der Waals surface area (Å²) in [5, 5.41) is 16.9. The summed E-state index contributed by atoms with van der Waals surface area (Å²) in [6.07, 6.45) is 0. The van der Waals surface area contributed by atoms with Gasteiger partial charge in [0, 0.05) is 19.7 Å². The Labute approximate surface area is 123 Å². The molecule has 0 aliphatic carbocycles. The van der Waals surface area contributed by atoms with E-state index in [1.165, 1.54) is 7.05 Å². The number of carbonyl (C=O) groups is 1. The zero-order valence-corrected chi connectivity index (χ0v) is 11.9. The molecule has 0 unspecified atom stereocenters. The normalized spacial score (nSPS) is 10.9. The predicted molar refractivity (Wildman–Crippen MR) is 81.0 cm³/mol. The lowest BCUT2D eigenvalue weighted by atomic mass is 9.96. The molecule has 2 N–H and O–H groups in total. The number of nitrogens with one attached hydrogen (secondary N) is 2. The molecule has 108 valence electrons. The Morgan fingerprint density at radius 1 is 1.29 bits per heavy atom. The number of rotatable bonds is 6. The highest BCUT2D eigenvalue weighted by atomic mass is 16.3. The Morgan fingerprint density at radius 3 is 2.33 bits per heavy atom. The first-order valence-corrected chi connectivity index (χ1v) is 6.21. The Balaban J connectivity index is 3.29. The van der Waals surface area contributed by atoms with E-state index in [0.29, 0.717) is 22.3 Å². The molecule has 0 saturated carbocycles. The number of likely N-dealkylation sites (N-methyl/N-ethyl adjacent to an activating group) is 2. The highest BCUT2D eigenvalue weighted by molar-refractivity contribution is 5.98. The number of hydrogen-bond acceptors (Lipinski definition) is 5. The number of benzene rings is 1. The van der Waals surface area contributed by atoms with Crippen molar-refractivity contribution in [3.05, 3.63) is 58.1 Å². The summed E-state index contributed by atoms with van der Waals surface area (Å²) in [5.74, 6) is -0.356. The molecule has 0 fully saturated rings. The zero-order valence-electron chi connectivity index (χ0n) is 11.9. The van der Waals surface area contributed by atoms with Crippen LogP contribution in [0.1, 0.15) is 11.1 Å². The minimum absolute atomic E-state index is 0.178. The molecule has 0 heterocycles. The third-order valence-electron chi connectivity index (χ3n) is 2.96. The van der Waals surface area contributed by atoms with Crippen molar-refractivity contribution in [2.45, 2.75) is 0 Å². The topological polar surface area (TPSA) is 94.3 Å². The van der Waals surface area contributed by atoms with E-state index in [0.717, 1.165) is 0 Å². The van der Waals surface area contributed by atoms with Crippen molar-refractivity contribution in [1.82, 2.24) is 10.6 Å². The predicted octanol–water partition coefficient (Wildman–Crippen LogP) is 1.56. The van der Waals surface area contributed by atoms with E-state index in [9.17, 15) is 9.70 Å². The van der Waals surface area contributed by atoms with Crippen molar-refractivity contribution in [2.24, 2.45) is 5.18 Å². The second-order valence-electron chi connectivity index (χ2n) is 4.14. The van der Waals surface area contributed by atoms with E-state index in [4.69, 9.17) is 5.26 Å². The van der Waals surface area contributed by atoms with Gasteiger partial charge in [-0.3, -0.25) is 4.79 Å². The van der Waals surface area contributed by atoms with Gasteiger partial charge in [-0.05, 0) is 23.3 Å². The first-order valence-electron chi connectivity index (χ1n) is 6.21. The average molecular weight is 284 g/mol. The van der Waals surface area contributed by atoms with Crippen LogP contribution in [0.3, 0.4) is 0 Å². The van der Waals surface area contributed by atoms with Gasteiger partial charge in [0.15, 0.2) is 0 Å². The van der Waals surface area contributed by atoms with Crippen molar-refractivity contribution in [1.29, 1.82) is 5.26 Å². The Kier molecular flexibility index (Phi) is 5.83. The lowest BCUT2D eigenvalue weighted by Gasteiger charge is -2.14. The number of nitriles is 1. The van der Waals surface area contributed by atoms with E-state index in [2.05, 4.69) is 22.4 Å². The number of carbonyl (C=O) groups excluding carboxylic acids is 1. The first kappa shape index (κ1) is 16.1. The summed E-state index contributed by atoms with van der Waals surface area (Å²) < 4.78 is 0. The van der Waals surface area contributed by atoms with E-state index in [1.54, 1.807) is 31.3 Å². The summed E-state index contributed by atoms with van der Waals surface area (Å²) in [6, 6.07) is 8.73. The van der Waals surface area contributed by atoms with Crippen LogP contribution >= 0.6 is 0 Å². The quantitative estimate of drug-likeness (QED) is 0.471. The van der Waals surface area contributed by atoms with E-state index >= 15 is 0 Å². The average Bonchev–Trinajstić information content (AvgIpc) is 2.53. The van der Waals surface area contributed by atoms with Gasteiger partial charge in [0.25, 0.3) is 5.91 Å². The molecule has 6 nitrogen and oxygen atoms in total. The molecule has 0 aliphatic rings. The molecule has 21 heavy (non-hydrogen) atoms. The molecule has 1 amide bonds. The van der Waals surface area contributed by atoms with Crippen LogP contribution in [0.25, 0.3) is 5.57 Å². The van der Waals surface area contributed by atoms with Crippen LogP contribution in [0.15, 0.2) is 47.3 Å². The third kappa shape index (κ3) is 3.76. The highest BCUT2D eigenvalue weighted by Crippen LogP contribution is 2.24. The Morgan fingerprint density at radius 2 is 1.90 bits per heavy atom. The Bertz CT molecular complexity index is 624. The molecular weight excluding hydrogens is 268 g/mol. The van der Waals surface area contributed by atoms with Gasteiger partial charge in [-0.1, -0.05) is 23.9 Å². The van der Waals surface area contributed by atoms with Crippen LogP contribution < -0.4 is 10.6 Å². The second-order valence-corrected chi connectivity index (χ2v) is 4.14. The molecule has 1 aromatic carbocycles. The van der Waals surface area contributed by atoms with Crippen molar-refractivity contribution in [2.75, 3.05) is 20.6 Å². The maximum absolute atomic E-state index is 11.8. The van der Waals surface area contributed by atoms with Crippen molar-refractivity contribution in [3.8, 4) is 6.07 Å². The van der Waals surface area contributed by atoms with E-state index < -0.39 is 0 Å². The smallest absolute Gasteiger partial charge is 0.267 e. The molecule has 0 bridgehead atoms. The number of hydrogen-bond donors (Lipinski definition) is 2. The molecule has 1 aromatic rings. The van der Waals surface area contributed by atoms with Gasteiger partial charge in [-0.25, -0.2) is 0 Å². The minimum atomic E-state index is -0.356. The standard InChI is InChI=1S/C15H16N4O2/c1-10(12-6-4-11(8-16)5-7-12)13(9-19-21)14(17-2)15(20)18-3/h4-7,17H,1,9H2,2-3H3,(H,18,20)/b14-13-. The fourth-order valence-corrected chi connectivity index (χ4v) is 1.84. The van der Waals surface area contributed by atoms with Crippen LogP contribution in [-0.2, 0) is 4.79 Å². The molecule has 0 saturated heterocycles. The van der Waals surface area contributed by atoms with Gasteiger partial charge in [-0.15, -0.1) is 0 Å². The van der Waals surface area contributed by atoms with Crippen LogP contribution in [0, 0.1) is 16.2 Å². The number of amides is 1. The van der Waals surface area contributed by atoms with Gasteiger partial charge in [0.2, 0.25) is 0 Å². The molecule has 6 heteroatoms. The molecule has 0 atom stereocenters. The minimum Gasteiger partial charge on any atom is -0.383 e. The molecule has 1 rings (SSSR count). The van der Waals surface area contributed by atoms with Crippen molar-refractivity contribution in [3.63, 3.8) is 0 Å². The number of nitrogens with zero attached hydrogens (tertiary/aromatic N) is 2. The maximum Gasteiger partial charge on any atom is 0.267 e. The fourth-order valence-electron chi connectivity index (χ4n) is 1.84. The number of nitroso groups, excluding NO2 is 1.